The molecule has 0 saturated carbocycles. The SMILES string of the molecule is CCCN1C(=O)C(=O)/C(=C(\O)c2ccc(Br)c(C)c2)C1c1ccc(OCC)c(OC)c1. The number of carbonyl (C=O) groups excluding carboxylic acids is 2. The van der Waals surface area contributed by atoms with E-state index in [4.69, 9.17) is 9.47 Å². The number of benzene rings is 2. The zero-order chi connectivity index (χ0) is 22.7. The molecule has 1 aliphatic heterocycles. The van der Waals surface area contributed by atoms with Gasteiger partial charge in [0.2, 0.25) is 0 Å². The monoisotopic (exact) mass is 487 g/mol. The Morgan fingerprint density at radius 3 is 2.48 bits per heavy atom. The first-order valence-corrected chi connectivity index (χ1v) is 11.0. The van der Waals surface area contributed by atoms with Crippen molar-refractivity contribution in [2.24, 2.45) is 0 Å². The molecule has 1 unspecified atom stereocenters. The van der Waals surface area contributed by atoms with Crippen LogP contribution in [0.3, 0.4) is 0 Å². The van der Waals surface area contributed by atoms with Crippen LogP contribution in [-0.4, -0.2) is 42.0 Å². The van der Waals surface area contributed by atoms with Crippen LogP contribution >= 0.6 is 15.9 Å². The molecule has 1 heterocycles. The van der Waals surface area contributed by atoms with Gasteiger partial charge >= 0.3 is 0 Å². The molecule has 0 aliphatic carbocycles. The van der Waals surface area contributed by atoms with Gasteiger partial charge in [-0.05, 0) is 55.7 Å². The molecule has 0 bridgehead atoms. The molecule has 2 aromatic carbocycles. The number of ether oxygens (including phenoxy) is 2. The van der Waals surface area contributed by atoms with E-state index in [0.717, 1.165) is 10.0 Å². The minimum atomic E-state index is -0.714. The summed E-state index contributed by atoms with van der Waals surface area (Å²) in [5.74, 6) is -0.421. The molecule has 164 valence electrons. The largest absolute Gasteiger partial charge is 0.507 e. The van der Waals surface area contributed by atoms with E-state index < -0.39 is 17.7 Å². The fourth-order valence-corrected chi connectivity index (χ4v) is 4.02. The highest BCUT2D eigenvalue weighted by atomic mass is 79.9. The Morgan fingerprint density at radius 2 is 1.87 bits per heavy atom. The van der Waals surface area contributed by atoms with Crippen molar-refractivity contribution in [3.05, 3.63) is 63.1 Å². The number of hydrogen-bond donors (Lipinski definition) is 1. The van der Waals surface area contributed by atoms with Crippen molar-refractivity contribution >= 4 is 33.4 Å². The fraction of sp³-hybridized carbons (Fsp3) is 0.333. The van der Waals surface area contributed by atoms with E-state index in [2.05, 4.69) is 15.9 Å². The third-order valence-corrected chi connectivity index (χ3v) is 6.13. The van der Waals surface area contributed by atoms with Gasteiger partial charge in [0.1, 0.15) is 5.76 Å². The average molecular weight is 488 g/mol. The number of methoxy groups -OCH3 is 1. The summed E-state index contributed by atoms with van der Waals surface area (Å²) < 4.78 is 11.9. The molecule has 1 fully saturated rings. The Hall–Kier alpha value is -2.80. The summed E-state index contributed by atoms with van der Waals surface area (Å²) in [6.45, 7) is 6.58. The second kappa shape index (κ2) is 9.56. The van der Waals surface area contributed by atoms with Crippen LogP contribution in [0, 0.1) is 6.92 Å². The van der Waals surface area contributed by atoms with E-state index in [1.54, 1.807) is 36.4 Å². The van der Waals surface area contributed by atoms with Gasteiger partial charge in [0.25, 0.3) is 11.7 Å². The fourth-order valence-electron chi connectivity index (χ4n) is 3.77. The number of amides is 1. The highest BCUT2D eigenvalue weighted by Gasteiger charge is 2.45. The maximum Gasteiger partial charge on any atom is 0.295 e. The van der Waals surface area contributed by atoms with E-state index in [1.165, 1.54) is 12.0 Å². The summed E-state index contributed by atoms with van der Waals surface area (Å²) in [4.78, 5) is 27.3. The van der Waals surface area contributed by atoms with Crippen molar-refractivity contribution in [2.45, 2.75) is 33.2 Å². The van der Waals surface area contributed by atoms with Crippen LogP contribution in [0.15, 0.2) is 46.4 Å². The molecular formula is C24H26BrNO5. The minimum Gasteiger partial charge on any atom is -0.507 e. The number of halogens is 1. The van der Waals surface area contributed by atoms with Gasteiger partial charge in [-0.2, -0.15) is 0 Å². The molecule has 1 N–H and O–H groups in total. The summed E-state index contributed by atoms with van der Waals surface area (Å²) in [6, 6.07) is 9.90. The molecule has 1 saturated heterocycles. The quantitative estimate of drug-likeness (QED) is 0.338. The highest BCUT2D eigenvalue weighted by Crippen LogP contribution is 2.42. The highest BCUT2D eigenvalue weighted by molar-refractivity contribution is 9.10. The first kappa shape index (κ1) is 22.9. The van der Waals surface area contributed by atoms with E-state index in [1.807, 2.05) is 20.8 Å². The number of aryl methyl sites for hydroxylation is 1. The zero-order valence-corrected chi connectivity index (χ0v) is 19.7. The zero-order valence-electron chi connectivity index (χ0n) is 18.1. The van der Waals surface area contributed by atoms with E-state index in [0.29, 0.717) is 42.2 Å². The molecule has 31 heavy (non-hydrogen) atoms. The molecular weight excluding hydrogens is 462 g/mol. The van der Waals surface area contributed by atoms with Gasteiger partial charge in [-0.15, -0.1) is 0 Å². The average Bonchev–Trinajstić information content (AvgIpc) is 3.01. The van der Waals surface area contributed by atoms with Gasteiger partial charge in [0.15, 0.2) is 11.5 Å². The molecule has 1 atom stereocenters. The van der Waals surface area contributed by atoms with E-state index in [9.17, 15) is 14.7 Å². The normalized spacial score (nSPS) is 17.8. The van der Waals surface area contributed by atoms with Crippen LogP contribution < -0.4 is 9.47 Å². The van der Waals surface area contributed by atoms with E-state index in [-0.39, 0.29) is 11.3 Å². The topological polar surface area (TPSA) is 76.1 Å². The molecule has 3 rings (SSSR count). The third-order valence-electron chi connectivity index (χ3n) is 5.24. The van der Waals surface area contributed by atoms with Crippen LogP contribution in [0.2, 0.25) is 0 Å². The van der Waals surface area contributed by atoms with Crippen LogP contribution in [0.4, 0.5) is 0 Å². The number of Topliss-reactive ketones (excluding diaryl/α,β-unsaturated/α-hetero) is 1. The predicted molar refractivity (Wildman–Crippen MR) is 122 cm³/mol. The summed E-state index contributed by atoms with van der Waals surface area (Å²) in [5.41, 5.74) is 2.14. The number of ketones is 1. The van der Waals surface area contributed by atoms with Crippen molar-refractivity contribution in [1.29, 1.82) is 0 Å². The lowest BCUT2D eigenvalue weighted by Crippen LogP contribution is -2.30. The van der Waals surface area contributed by atoms with Crippen LogP contribution in [0.25, 0.3) is 5.76 Å². The second-order valence-electron chi connectivity index (χ2n) is 7.30. The van der Waals surface area contributed by atoms with Crippen molar-refractivity contribution in [3.8, 4) is 11.5 Å². The molecule has 1 amide bonds. The second-order valence-corrected chi connectivity index (χ2v) is 8.15. The first-order chi connectivity index (χ1) is 14.8. The molecule has 7 heteroatoms. The van der Waals surface area contributed by atoms with Crippen molar-refractivity contribution in [1.82, 2.24) is 4.90 Å². The third kappa shape index (κ3) is 4.32. The predicted octanol–water partition coefficient (Wildman–Crippen LogP) is 5.00. The Bertz CT molecular complexity index is 1050. The van der Waals surface area contributed by atoms with Crippen molar-refractivity contribution in [2.75, 3.05) is 20.3 Å². The Labute approximate surface area is 190 Å². The van der Waals surface area contributed by atoms with Gasteiger partial charge in [0, 0.05) is 16.6 Å². The summed E-state index contributed by atoms with van der Waals surface area (Å²) in [5, 5.41) is 11.1. The molecule has 6 nitrogen and oxygen atoms in total. The van der Waals surface area contributed by atoms with Crippen LogP contribution in [0.5, 0.6) is 11.5 Å². The molecule has 1 aliphatic rings. The summed E-state index contributed by atoms with van der Waals surface area (Å²) >= 11 is 3.44. The Morgan fingerprint density at radius 1 is 1.13 bits per heavy atom. The number of hydrogen-bond acceptors (Lipinski definition) is 5. The minimum absolute atomic E-state index is 0.0754. The smallest absolute Gasteiger partial charge is 0.295 e. The number of aliphatic hydroxyl groups is 1. The van der Waals surface area contributed by atoms with Gasteiger partial charge in [-0.1, -0.05) is 35.0 Å². The van der Waals surface area contributed by atoms with Crippen LogP contribution in [0.1, 0.15) is 43.0 Å². The van der Waals surface area contributed by atoms with Gasteiger partial charge < -0.3 is 19.5 Å². The van der Waals surface area contributed by atoms with Gasteiger partial charge in [0.05, 0.1) is 25.3 Å². The Kier molecular flexibility index (Phi) is 7.05. The first-order valence-electron chi connectivity index (χ1n) is 10.2. The maximum atomic E-state index is 13.0. The molecule has 0 spiro atoms. The summed E-state index contributed by atoms with van der Waals surface area (Å²) in [7, 11) is 1.54. The number of rotatable bonds is 7. The summed E-state index contributed by atoms with van der Waals surface area (Å²) in [6.07, 6.45) is 0.676. The molecule has 2 aromatic rings. The molecule has 0 aromatic heterocycles. The van der Waals surface area contributed by atoms with Gasteiger partial charge in [-0.3, -0.25) is 9.59 Å². The lowest BCUT2D eigenvalue weighted by atomic mass is 9.94. The number of likely N-dealkylation sites (tertiary alicyclic amines) is 1. The lowest BCUT2D eigenvalue weighted by molar-refractivity contribution is -0.139. The number of aliphatic hydroxyl groups excluding tert-OH is 1. The maximum absolute atomic E-state index is 13.0. The number of nitrogens with zero attached hydrogens (tertiary/aromatic N) is 1. The lowest BCUT2D eigenvalue weighted by Gasteiger charge is -2.25. The van der Waals surface area contributed by atoms with E-state index >= 15 is 0 Å². The Balaban J connectivity index is 2.20. The molecule has 0 radical (unpaired) electrons. The number of carbonyl (C=O) groups is 2. The van der Waals surface area contributed by atoms with Crippen molar-refractivity contribution in [3.63, 3.8) is 0 Å². The van der Waals surface area contributed by atoms with Crippen molar-refractivity contribution < 1.29 is 24.2 Å². The standard InChI is InChI=1S/C24H26BrNO5/c1-5-11-26-21(15-8-10-18(31-6-2)19(13-15)30-4)20(23(28)24(26)29)22(27)16-7-9-17(25)14(3)12-16/h7-10,12-13,21,27H,5-6,11H2,1-4H3/b22-20-. The van der Waals surface area contributed by atoms with Crippen LogP contribution in [-0.2, 0) is 9.59 Å². The van der Waals surface area contributed by atoms with Gasteiger partial charge in [-0.25, -0.2) is 0 Å².